The normalized spacial score (nSPS) is 11.0. The lowest BCUT2D eigenvalue weighted by Gasteiger charge is -2.07. The van der Waals surface area contributed by atoms with E-state index >= 15 is 0 Å². The fraction of sp³-hybridized carbons (Fsp3) is 0.182. The summed E-state index contributed by atoms with van der Waals surface area (Å²) < 4.78 is 7.67. The Labute approximate surface area is 163 Å². The summed E-state index contributed by atoms with van der Waals surface area (Å²) in [4.78, 5) is 4.45. The number of ether oxygens (including phenoxy) is 1. The molecule has 5 heteroatoms. The van der Waals surface area contributed by atoms with Crippen LogP contribution >= 0.6 is 11.6 Å². The molecule has 2 heterocycles. The van der Waals surface area contributed by atoms with E-state index in [4.69, 9.17) is 16.3 Å². The highest BCUT2D eigenvalue weighted by Gasteiger charge is 2.09. The predicted molar refractivity (Wildman–Crippen MR) is 108 cm³/mol. The Bertz CT molecular complexity index is 1060. The summed E-state index contributed by atoms with van der Waals surface area (Å²) in [6, 6.07) is 19.9. The Balaban J connectivity index is 1.59. The summed E-state index contributed by atoms with van der Waals surface area (Å²) in [7, 11) is 0. The molecule has 0 spiro atoms. The van der Waals surface area contributed by atoms with E-state index in [1.807, 2.05) is 47.1 Å². The van der Waals surface area contributed by atoms with Crippen LogP contribution in [-0.4, -0.2) is 14.6 Å². The van der Waals surface area contributed by atoms with E-state index in [0.29, 0.717) is 17.5 Å². The quantitative estimate of drug-likeness (QED) is 0.440. The first kappa shape index (κ1) is 17.6. The first-order valence-corrected chi connectivity index (χ1v) is 9.42. The van der Waals surface area contributed by atoms with Gasteiger partial charge in [-0.25, -0.2) is 9.50 Å². The zero-order chi connectivity index (χ0) is 18.6. The first-order valence-electron chi connectivity index (χ1n) is 9.04. The maximum atomic E-state index is 6.03. The van der Waals surface area contributed by atoms with Gasteiger partial charge < -0.3 is 4.74 Å². The maximum absolute atomic E-state index is 6.03. The summed E-state index contributed by atoms with van der Waals surface area (Å²) in [5.74, 6) is 0.546. The van der Waals surface area contributed by atoms with E-state index in [9.17, 15) is 0 Å². The Kier molecular flexibility index (Phi) is 5.07. The molecule has 27 heavy (non-hydrogen) atoms. The van der Waals surface area contributed by atoms with Crippen molar-refractivity contribution < 1.29 is 4.74 Å². The van der Waals surface area contributed by atoms with Gasteiger partial charge in [0.2, 0.25) is 5.88 Å². The molecule has 0 N–H and O–H groups in total. The lowest BCUT2D eigenvalue weighted by Crippen LogP contribution is -2.01. The molecule has 2 aromatic heterocycles. The molecule has 0 aliphatic carbocycles. The fourth-order valence-corrected chi connectivity index (χ4v) is 3.26. The van der Waals surface area contributed by atoms with Gasteiger partial charge in [-0.2, -0.15) is 0 Å². The van der Waals surface area contributed by atoms with Crippen LogP contribution in [0.15, 0.2) is 66.9 Å². The van der Waals surface area contributed by atoms with Gasteiger partial charge in [-0.15, -0.1) is 5.10 Å². The van der Waals surface area contributed by atoms with Crippen molar-refractivity contribution in [2.45, 2.75) is 26.4 Å². The summed E-state index contributed by atoms with van der Waals surface area (Å²) in [6.07, 6.45) is 4.08. The largest absolute Gasteiger partial charge is 0.472 e. The Hall–Kier alpha value is -2.85. The van der Waals surface area contributed by atoms with Crippen LogP contribution in [-0.2, 0) is 13.0 Å². The standard InChI is InChI=1S/C22H20ClN3O/c1-2-4-16-7-9-18(10-8-16)20-14-24-21-11-12-22(25-26(20)21)27-15-17-5-3-6-19(23)13-17/h3,5-14H,2,4,15H2,1H3. The minimum absolute atomic E-state index is 0.412. The molecule has 0 aliphatic rings. The van der Waals surface area contributed by atoms with E-state index in [-0.39, 0.29) is 0 Å². The average molecular weight is 378 g/mol. The van der Waals surface area contributed by atoms with Crippen LogP contribution in [0.2, 0.25) is 5.02 Å². The van der Waals surface area contributed by atoms with Crippen LogP contribution in [0.1, 0.15) is 24.5 Å². The summed E-state index contributed by atoms with van der Waals surface area (Å²) in [5.41, 5.74) is 5.16. The predicted octanol–water partition coefficient (Wildman–Crippen LogP) is 5.58. The van der Waals surface area contributed by atoms with Gasteiger partial charge in [0.25, 0.3) is 0 Å². The maximum Gasteiger partial charge on any atom is 0.232 e. The van der Waals surface area contributed by atoms with E-state index in [2.05, 4.69) is 41.3 Å². The number of hydrogen-bond donors (Lipinski definition) is 0. The fourth-order valence-electron chi connectivity index (χ4n) is 3.05. The third-order valence-electron chi connectivity index (χ3n) is 4.40. The number of rotatable bonds is 6. The number of aromatic nitrogens is 3. The van der Waals surface area contributed by atoms with E-state index < -0.39 is 0 Å². The smallest absolute Gasteiger partial charge is 0.232 e. The Morgan fingerprint density at radius 2 is 1.85 bits per heavy atom. The second-order valence-electron chi connectivity index (χ2n) is 6.45. The number of benzene rings is 2. The van der Waals surface area contributed by atoms with Crippen LogP contribution in [0, 0.1) is 0 Å². The highest BCUT2D eigenvalue weighted by atomic mass is 35.5. The van der Waals surface area contributed by atoms with Gasteiger partial charge in [-0.3, -0.25) is 0 Å². The Morgan fingerprint density at radius 3 is 2.63 bits per heavy atom. The second-order valence-corrected chi connectivity index (χ2v) is 6.89. The van der Waals surface area contributed by atoms with Crippen molar-refractivity contribution in [3.8, 4) is 17.1 Å². The van der Waals surface area contributed by atoms with Crippen molar-refractivity contribution in [3.63, 3.8) is 0 Å². The molecule has 0 atom stereocenters. The minimum Gasteiger partial charge on any atom is -0.472 e. The van der Waals surface area contributed by atoms with Gasteiger partial charge in [0.15, 0.2) is 5.65 Å². The zero-order valence-electron chi connectivity index (χ0n) is 15.1. The second kappa shape index (κ2) is 7.80. The third-order valence-corrected chi connectivity index (χ3v) is 4.64. The summed E-state index contributed by atoms with van der Waals surface area (Å²) >= 11 is 6.03. The van der Waals surface area contributed by atoms with E-state index in [1.165, 1.54) is 5.56 Å². The van der Waals surface area contributed by atoms with Crippen molar-refractivity contribution in [2.24, 2.45) is 0 Å². The molecular formula is C22H20ClN3O. The molecule has 4 rings (SSSR count). The molecule has 4 nitrogen and oxygen atoms in total. The molecule has 0 amide bonds. The number of fused-ring (bicyclic) bond motifs is 1. The molecule has 0 saturated heterocycles. The number of imidazole rings is 1. The van der Waals surface area contributed by atoms with Crippen LogP contribution in [0.5, 0.6) is 5.88 Å². The Morgan fingerprint density at radius 1 is 1.00 bits per heavy atom. The van der Waals surface area contributed by atoms with Crippen molar-refractivity contribution in [1.82, 2.24) is 14.6 Å². The molecule has 2 aromatic carbocycles. The van der Waals surface area contributed by atoms with E-state index in [1.54, 1.807) is 0 Å². The highest BCUT2D eigenvalue weighted by Crippen LogP contribution is 2.22. The minimum atomic E-state index is 0.412. The molecule has 4 aromatic rings. The van der Waals surface area contributed by atoms with Gasteiger partial charge >= 0.3 is 0 Å². The summed E-state index contributed by atoms with van der Waals surface area (Å²) in [6.45, 7) is 2.60. The van der Waals surface area contributed by atoms with Gasteiger partial charge in [0.1, 0.15) is 6.61 Å². The zero-order valence-corrected chi connectivity index (χ0v) is 15.9. The topological polar surface area (TPSA) is 39.4 Å². The van der Waals surface area contributed by atoms with Crippen molar-refractivity contribution in [2.75, 3.05) is 0 Å². The number of hydrogen-bond acceptors (Lipinski definition) is 3. The molecule has 0 fully saturated rings. The van der Waals surface area contributed by atoms with Crippen molar-refractivity contribution in [3.05, 3.63) is 83.0 Å². The van der Waals surface area contributed by atoms with Crippen molar-refractivity contribution in [1.29, 1.82) is 0 Å². The summed E-state index contributed by atoms with van der Waals surface area (Å²) in [5, 5.41) is 5.30. The number of aryl methyl sites for hydroxylation is 1. The molecule has 0 aliphatic heterocycles. The first-order chi connectivity index (χ1) is 13.2. The third kappa shape index (κ3) is 3.96. The number of nitrogens with zero attached hydrogens (tertiary/aromatic N) is 3. The molecule has 0 radical (unpaired) electrons. The average Bonchev–Trinajstić information content (AvgIpc) is 3.11. The lowest BCUT2D eigenvalue weighted by molar-refractivity contribution is 0.289. The molecule has 0 saturated carbocycles. The molecule has 0 bridgehead atoms. The van der Waals surface area contributed by atoms with Gasteiger partial charge in [0.05, 0.1) is 11.9 Å². The monoisotopic (exact) mass is 377 g/mol. The van der Waals surface area contributed by atoms with Crippen LogP contribution in [0.25, 0.3) is 16.9 Å². The van der Waals surface area contributed by atoms with Crippen molar-refractivity contribution >= 4 is 17.2 Å². The van der Waals surface area contributed by atoms with Crippen LogP contribution in [0.3, 0.4) is 0 Å². The van der Waals surface area contributed by atoms with Gasteiger partial charge in [0, 0.05) is 16.7 Å². The lowest BCUT2D eigenvalue weighted by atomic mass is 10.1. The molecular weight excluding hydrogens is 358 g/mol. The number of halogens is 1. The van der Waals surface area contributed by atoms with E-state index in [0.717, 1.165) is 35.3 Å². The molecule has 0 unspecified atom stereocenters. The molecule has 136 valence electrons. The van der Waals surface area contributed by atoms with Gasteiger partial charge in [-0.1, -0.05) is 61.3 Å². The van der Waals surface area contributed by atoms with Crippen LogP contribution < -0.4 is 4.74 Å². The highest BCUT2D eigenvalue weighted by molar-refractivity contribution is 6.30. The van der Waals surface area contributed by atoms with Crippen LogP contribution in [0.4, 0.5) is 0 Å². The van der Waals surface area contributed by atoms with Gasteiger partial charge in [-0.05, 0) is 35.7 Å². The SMILES string of the molecule is CCCc1ccc(-c2cnc3ccc(OCc4cccc(Cl)c4)nn23)cc1.